The number of fused-ring (bicyclic) bond motifs is 2. The van der Waals surface area contributed by atoms with E-state index in [1.54, 1.807) is 0 Å². The highest BCUT2D eigenvalue weighted by atomic mass is 16.5. The first-order valence-corrected chi connectivity index (χ1v) is 7.69. The van der Waals surface area contributed by atoms with Crippen LogP contribution in [0.15, 0.2) is 30.3 Å². The zero-order chi connectivity index (χ0) is 14.0. The lowest BCUT2D eigenvalue weighted by molar-refractivity contribution is -0.150. The van der Waals surface area contributed by atoms with E-state index < -0.39 is 0 Å². The molecule has 0 amide bonds. The van der Waals surface area contributed by atoms with E-state index in [1.807, 2.05) is 13.0 Å². The van der Waals surface area contributed by atoms with Gasteiger partial charge in [0.25, 0.3) is 0 Å². The summed E-state index contributed by atoms with van der Waals surface area (Å²) in [6.07, 6.45) is 5.22. The molecular formula is C17H23NO2. The van der Waals surface area contributed by atoms with Crippen molar-refractivity contribution in [2.45, 2.75) is 50.6 Å². The summed E-state index contributed by atoms with van der Waals surface area (Å²) in [5, 5.41) is 3.77. The normalized spacial score (nSPS) is 32.0. The van der Waals surface area contributed by atoms with Crippen LogP contribution in [0, 0.1) is 5.92 Å². The highest BCUT2D eigenvalue weighted by Crippen LogP contribution is 2.41. The van der Waals surface area contributed by atoms with E-state index in [2.05, 4.69) is 29.6 Å². The topological polar surface area (TPSA) is 38.3 Å². The van der Waals surface area contributed by atoms with Crippen molar-refractivity contribution in [3.05, 3.63) is 35.9 Å². The zero-order valence-electron chi connectivity index (χ0n) is 12.1. The highest BCUT2D eigenvalue weighted by molar-refractivity contribution is 5.73. The maximum Gasteiger partial charge on any atom is 0.309 e. The number of benzene rings is 1. The van der Waals surface area contributed by atoms with Gasteiger partial charge in [-0.1, -0.05) is 30.3 Å². The van der Waals surface area contributed by atoms with Crippen molar-refractivity contribution in [2.24, 2.45) is 5.92 Å². The largest absolute Gasteiger partial charge is 0.466 e. The fourth-order valence-electron chi connectivity index (χ4n) is 3.90. The van der Waals surface area contributed by atoms with Gasteiger partial charge in [0.05, 0.1) is 12.5 Å². The Bertz CT molecular complexity index is 473. The van der Waals surface area contributed by atoms with Gasteiger partial charge in [-0.3, -0.25) is 4.79 Å². The van der Waals surface area contributed by atoms with Crippen LogP contribution in [0.3, 0.4) is 0 Å². The number of hydrogen-bond donors (Lipinski definition) is 1. The summed E-state index contributed by atoms with van der Waals surface area (Å²) in [4.78, 5) is 12.1. The molecule has 2 heterocycles. The van der Waals surface area contributed by atoms with Gasteiger partial charge in [-0.05, 0) is 44.6 Å². The Morgan fingerprint density at radius 1 is 1.40 bits per heavy atom. The summed E-state index contributed by atoms with van der Waals surface area (Å²) in [7, 11) is 0. The standard InChI is InChI=1S/C17H23NO2/c1-2-20-16(19)14-10-15-8-9-17(12-14,18-15)11-13-6-4-3-5-7-13/h3-7,14-15,18H,2,8-12H2,1H3. The van der Waals surface area contributed by atoms with Gasteiger partial charge in [0, 0.05) is 11.6 Å². The molecular weight excluding hydrogens is 250 g/mol. The van der Waals surface area contributed by atoms with Crippen molar-refractivity contribution >= 4 is 5.97 Å². The van der Waals surface area contributed by atoms with Crippen molar-refractivity contribution in [2.75, 3.05) is 6.61 Å². The molecule has 108 valence electrons. The molecule has 2 fully saturated rings. The molecule has 1 aromatic carbocycles. The van der Waals surface area contributed by atoms with Crippen molar-refractivity contribution in [3.8, 4) is 0 Å². The Labute approximate surface area is 120 Å². The number of carbonyl (C=O) groups excluding carboxylic acids is 1. The van der Waals surface area contributed by atoms with E-state index in [-0.39, 0.29) is 17.4 Å². The Kier molecular flexibility index (Phi) is 3.79. The molecule has 0 aliphatic carbocycles. The quantitative estimate of drug-likeness (QED) is 0.857. The molecule has 0 saturated carbocycles. The van der Waals surface area contributed by atoms with Crippen LogP contribution in [0.1, 0.15) is 38.2 Å². The lowest BCUT2D eigenvalue weighted by Gasteiger charge is -2.38. The lowest BCUT2D eigenvalue weighted by atomic mass is 9.79. The van der Waals surface area contributed by atoms with E-state index in [9.17, 15) is 4.79 Å². The van der Waals surface area contributed by atoms with Crippen molar-refractivity contribution in [3.63, 3.8) is 0 Å². The molecule has 2 aliphatic rings. The SMILES string of the molecule is CCOC(=O)C1CC2CCC(Cc3ccccc3)(C1)N2. The fraction of sp³-hybridized carbons (Fsp3) is 0.588. The zero-order valence-corrected chi connectivity index (χ0v) is 12.1. The van der Waals surface area contributed by atoms with Gasteiger partial charge in [-0.25, -0.2) is 0 Å². The predicted molar refractivity (Wildman–Crippen MR) is 78.4 cm³/mol. The Balaban J connectivity index is 1.73. The first-order valence-electron chi connectivity index (χ1n) is 7.69. The number of nitrogens with one attached hydrogen (secondary N) is 1. The molecule has 0 radical (unpaired) electrons. The fourth-order valence-corrected chi connectivity index (χ4v) is 3.90. The summed E-state index contributed by atoms with van der Waals surface area (Å²) in [6.45, 7) is 2.37. The lowest BCUT2D eigenvalue weighted by Crippen LogP contribution is -2.52. The maximum absolute atomic E-state index is 12.1. The van der Waals surface area contributed by atoms with E-state index >= 15 is 0 Å². The molecule has 2 saturated heterocycles. The van der Waals surface area contributed by atoms with Crippen LogP contribution in [-0.2, 0) is 16.0 Å². The Morgan fingerprint density at radius 3 is 2.95 bits per heavy atom. The van der Waals surface area contributed by atoms with Crippen LogP contribution in [0.2, 0.25) is 0 Å². The second-order valence-corrected chi connectivity index (χ2v) is 6.21. The molecule has 3 unspecified atom stereocenters. The third kappa shape index (κ3) is 2.73. The van der Waals surface area contributed by atoms with Crippen molar-refractivity contribution in [1.82, 2.24) is 5.32 Å². The summed E-state index contributed by atoms with van der Waals surface area (Å²) >= 11 is 0. The second kappa shape index (κ2) is 5.57. The smallest absolute Gasteiger partial charge is 0.309 e. The van der Waals surface area contributed by atoms with Crippen LogP contribution in [0.25, 0.3) is 0 Å². The average Bonchev–Trinajstić information content (AvgIpc) is 2.74. The van der Waals surface area contributed by atoms with Crippen LogP contribution in [-0.4, -0.2) is 24.2 Å². The molecule has 2 bridgehead atoms. The number of carbonyl (C=O) groups is 1. The van der Waals surface area contributed by atoms with Gasteiger partial charge in [0.2, 0.25) is 0 Å². The first-order chi connectivity index (χ1) is 9.71. The summed E-state index contributed by atoms with van der Waals surface area (Å²) in [5.74, 6) is 0.0748. The number of hydrogen-bond acceptors (Lipinski definition) is 3. The van der Waals surface area contributed by atoms with Gasteiger partial charge in [0.15, 0.2) is 0 Å². The minimum Gasteiger partial charge on any atom is -0.466 e. The molecule has 0 spiro atoms. The Morgan fingerprint density at radius 2 is 2.20 bits per heavy atom. The summed E-state index contributed by atoms with van der Waals surface area (Å²) < 4.78 is 5.23. The van der Waals surface area contributed by atoms with Gasteiger partial charge in [-0.15, -0.1) is 0 Å². The molecule has 1 aromatic rings. The van der Waals surface area contributed by atoms with E-state index in [1.165, 1.54) is 18.4 Å². The minimum atomic E-state index is -0.00154. The van der Waals surface area contributed by atoms with Crippen LogP contribution in [0.4, 0.5) is 0 Å². The van der Waals surface area contributed by atoms with Gasteiger partial charge in [0.1, 0.15) is 0 Å². The Hall–Kier alpha value is -1.35. The van der Waals surface area contributed by atoms with E-state index in [0.717, 1.165) is 19.3 Å². The van der Waals surface area contributed by atoms with E-state index in [0.29, 0.717) is 12.6 Å². The average molecular weight is 273 g/mol. The van der Waals surface area contributed by atoms with Gasteiger partial charge < -0.3 is 10.1 Å². The highest BCUT2D eigenvalue weighted by Gasteiger charge is 2.47. The molecule has 3 atom stereocenters. The molecule has 20 heavy (non-hydrogen) atoms. The van der Waals surface area contributed by atoms with E-state index in [4.69, 9.17) is 4.74 Å². The van der Waals surface area contributed by atoms with Crippen LogP contribution >= 0.6 is 0 Å². The molecule has 2 aliphatic heterocycles. The van der Waals surface area contributed by atoms with Crippen molar-refractivity contribution in [1.29, 1.82) is 0 Å². The molecule has 1 N–H and O–H groups in total. The number of piperidine rings is 1. The summed E-state index contributed by atoms with van der Waals surface area (Å²) in [6, 6.07) is 11.1. The maximum atomic E-state index is 12.1. The third-order valence-electron chi connectivity index (χ3n) is 4.69. The summed E-state index contributed by atoms with van der Waals surface area (Å²) in [5.41, 5.74) is 1.45. The van der Waals surface area contributed by atoms with Crippen LogP contribution < -0.4 is 5.32 Å². The minimum absolute atomic E-state index is 0.00154. The van der Waals surface area contributed by atoms with Crippen LogP contribution in [0.5, 0.6) is 0 Å². The van der Waals surface area contributed by atoms with Gasteiger partial charge in [-0.2, -0.15) is 0 Å². The number of rotatable bonds is 4. The van der Waals surface area contributed by atoms with Gasteiger partial charge >= 0.3 is 5.97 Å². The molecule has 3 heteroatoms. The monoisotopic (exact) mass is 273 g/mol. The predicted octanol–water partition coefficient (Wildman–Crippen LogP) is 2.69. The first kappa shape index (κ1) is 13.6. The molecule has 3 nitrogen and oxygen atoms in total. The molecule has 3 rings (SSSR count). The third-order valence-corrected chi connectivity index (χ3v) is 4.69. The second-order valence-electron chi connectivity index (χ2n) is 6.21. The van der Waals surface area contributed by atoms with Crippen molar-refractivity contribution < 1.29 is 9.53 Å². The number of ether oxygens (including phenoxy) is 1. The molecule has 0 aromatic heterocycles. The number of esters is 1.